The van der Waals surface area contributed by atoms with E-state index in [4.69, 9.17) is 0 Å². The maximum Gasteiger partial charge on any atom is 0.0222 e. The molecule has 2 atom stereocenters. The lowest BCUT2D eigenvalue weighted by atomic mass is 10.1. The Hall–Kier alpha value is -0.340. The molecule has 1 nitrogen and oxygen atoms in total. The third kappa shape index (κ3) is 3.05. The summed E-state index contributed by atoms with van der Waals surface area (Å²) >= 11 is 3.60. The summed E-state index contributed by atoms with van der Waals surface area (Å²) in [5.74, 6) is 1.87. The molecule has 0 saturated heterocycles. The predicted octanol–water partition coefficient (Wildman–Crippen LogP) is 3.50. The van der Waals surface area contributed by atoms with Gasteiger partial charge in [0.2, 0.25) is 0 Å². The third-order valence-electron chi connectivity index (χ3n) is 3.21. The van der Waals surface area contributed by atoms with Crippen LogP contribution in [0.25, 0.3) is 0 Å². The second-order valence-electron chi connectivity index (χ2n) is 4.70. The molecule has 1 fully saturated rings. The molecule has 1 N–H and O–H groups in total. The standard InChI is InChI=1S/C13H18BrN/c1-9-3-4-11(13(14)5-9)7-15-8-12-6-10(12)2/h3-5,10,12,15H,6-8H2,1-2H3. The summed E-state index contributed by atoms with van der Waals surface area (Å²) in [6.07, 6.45) is 1.40. The van der Waals surface area contributed by atoms with Crippen LogP contribution in [0.2, 0.25) is 0 Å². The maximum absolute atomic E-state index is 3.60. The first-order valence-electron chi connectivity index (χ1n) is 5.62. The minimum Gasteiger partial charge on any atom is -0.312 e. The van der Waals surface area contributed by atoms with E-state index in [0.717, 1.165) is 18.4 Å². The van der Waals surface area contributed by atoms with Gasteiger partial charge in [-0.05, 0) is 48.9 Å². The van der Waals surface area contributed by atoms with Gasteiger partial charge in [0.05, 0.1) is 0 Å². The fourth-order valence-electron chi connectivity index (χ4n) is 1.87. The van der Waals surface area contributed by atoms with Crippen LogP contribution in [-0.2, 0) is 6.54 Å². The first-order chi connectivity index (χ1) is 7.16. The molecule has 0 aromatic heterocycles. The second kappa shape index (κ2) is 4.67. The topological polar surface area (TPSA) is 12.0 Å². The highest BCUT2D eigenvalue weighted by molar-refractivity contribution is 9.10. The van der Waals surface area contributed by atoms with Crippen LogP contribution < -0.4 is 5.32 Å². The number of hydrogen-bond acceptors (Lipinski definition) is 1. The van der Waals surface area contributed by atoms with Crippen LogP contribution in [0.4, 0.5) is 0 Å². The van der Waals surface area contributed by atoms with Crippen LogP contribution in [0, 0.1) is 18.8 Å². The quantitative estimate of drug-likeness (QED) is 0.881. The molecule has 0 amide bonds. The minimum atomic E-state index is 0.925. The van der Waals surface area contributed by atoms with Crippen molar-refractivity contribution in [2.45, 2.75) is 26.8 Å². The smallest absolute Gasteiger partial charge is 0.0222 e. The molecule has 0 radical (unpaired) electrons. The van der Waals surface area contributed by atoms with Crippen LogP contribution in [0.3, 0.4) is 0 Å². The van der Waals surface area contributed by atoms with Crippen molar-refractivity contribution in [1.29, 1.82) is 0 Å². The molecule has 1 aromatic carbocycles. The molecule has 0 aliphatic heterocycles. The van der Waals surface area contributed by atoms with Crippen molar-refractivity contribution < 1.29 is 0 Å². The Morgan fingerprint density at radius 2 is 2.20 bits per heavy atom. The van der Waals surface area contributed by atoms with E-state index in [0.29, 0.717) is 0 Å². The second-order valence-corrected chi connectivity index (χ2v) is 5.55. The van der Waals surface area contributed by atoms with Gasteiger partial charge in [0.15, 0.2) is 0 Å². The van der Waals surface area contributed by atoms with E-state index in [1.807, 2.05) is 0 Å². The van der Waals surface area contributed by atoms with E-state index in [2.05, 4.69) is 53.3 Å². The van der Waals surface area contributed by atoms with Crippen molar-refractivity contribution >= 4 is 15.9 Å². The van der Waals surface area contributed by atoms with E-state index >= 15 is 0 Å². The molecule has 1 aliphatic rings. The lowest BCUT2D eigenvalue weighted by Gasteiger charge is -2.07. The molecule has 82 valence electrons. The van der Waals surface area contributed by atoms with Gasteiger partial charge in [-0.15, -0.1) is 0 Å². The maximum atomic E-state index is 3.60. The summed E-state index contributed by atoms with van der Waals surface area (Å²) in [6.45, 7) is 6.59. The van der Waals surface area contributed by atoms with Crippen LogP contribution in [0.1, 0.15) is 24.5 Å². The van der Waals surface area contributed by atoms with E-state index < -0.39 is 0 Å². The molecule has 1 aromatic rings. The van der Waals surface area contributed by atoms with Crippen molar-refractivity contribution in [2.24, 2.45) is 11.8 Å². The highest BCUT2D eigenvalue weighted by Gasteiger charge is 2.31. The zero-order valence-corrected chi connectivity index (χ0v) is 11.0. The summed E-state index contributed by atoms with van der Waals surface area (Å²) in [7, 11) is 0. The van der Waals surface area contributed by atoms with Gasteiger partial charge in [-0.25, -0.2) is 0 Å². The van der Waals surface area contributed by atoms with Gasteiger partial charge in [0.25, 0.3) is 0 Å². The van der Waals surface area contributed by atoms with Gasteiger partial charge in [-0.3, -0.25) is 0 Å². The van der Waals surface area contributed by atoms with Gasteiger partial charge in [0.1, 0.15) is 0 Å². The van der Waals surface area contributed by atoms with Gasteiger partial charge in [0, 0.05) is 11.0 Å². The fourth-order valence-corrected chi connectivity index (χ4v) is 2.50. The van der Waals surface area contributed by atoms with Crippen molar-refractivity contribution in [3.8, 4) is 0 Å². The molecule has 15 heavy (non-hydrogen) atoms. The van der Waals surface area contributed by atoms with Crippen molar-refractivity contribution in [1.82, 2.24) is 5.32 Å². The van der Waals surface area contributed by atoms with E-state index in [-0.39, 0.29) is 0 Å². The average molecular weight is 268 g/mol. The van der Waals surface area contributed by atoms with Crippen molar-refractivity contribution in [2.75, 3.05) is 6.54 Å². The zero-order valence-electron chi connectivity index (χ0n) is 9.39. The first kappa shape index (κ1) is 11.2. The Labute approximate surface area is 100 Å². The lowest BCUT2D eigenvalue weighted by molar-refractivity contribution is 0.611. The molecule has 2 rings (SSSR count). The number of benzene rings is 1. The van der Waals surface area contributed by atoms with E-state index in [9.17, 15) is 0 Å². The number of halogens is 1. The van der Waals surface area contributed by atoms with Crippen LogP contribution in [0.15, 0.2) is 22.7 Å². The van der Waals surface area contributed by atoms with Crippen LogP contribution in [0.5, 0.6) is 0 Å². The fraction of sp³-hybridized carbons (Fsp3) is 0.538. The lowest BCUT2D eigenvalue weighted by Crippen LogP contribution is -2.17. The zero-order chi connectivity index (χ0) is 10.8. The highest BCUT2D eigenvalue weighted by Crippen LogP contribution is 2.36. The molecule has 1 saturated carbocycles. The largest absolute Gasteiger partial charge is 0.312 e. The number of rotatable bonds is 4. The van der Waals surface area contributed by atoms with Crippen molar-refractivity contribution in [3.05, 3.63) is 33.8 Å². The molecule has 2 heteroatoms. The Balaban J connectivity index is 1.82. The van der Waals surface area contributed by atoms with E-state index in [1.165, 1.54) is 28.6 Å². The Morgan fingerprint density at radius 1 is 1.47 bits per heavy atom. The predicted molar refractivity (Wildman–Crippen MR) is 67.9 cm³/mol. The summed E-state index contributed by atoms with van der Waals surface area (Å²) in [5, 5.41) is 3.52. The monoisotopic (exact) mass is 267 g/mol. The molecule has 1 aliphatic carbocycles. The van der Waals surface area contributed by atoms with E-state index in [1.54, 1.807) is 0 Å². The van der Waals surface area contributed by atoms with Crippen LogP contribution >= 0.6 is 15.9 Å². The molecular formula is C13H18BrN. The normalized spacial score (nSPS) is 24.2. The Kier molecular flexibility index (Phi) is 3.47. The summed E-state index contributed by atoms with van der Waals surface area (Å²) in [6, 6.07) is 6.54. The SMILES string of the molecule is Cc1ccc(CNCC2CC2C)c(Br)c1. The molecule has 0 spiro atoms. The molecular weight excluding hydrogens is 250 g/mol. The molecule has 2 unspecified atom stereocenters. The summed E-state index contributed by atoms with van der Waals surface area (Å²) < 4.78 is 1.22. The first-order valence-corrected chi connectivity index (χ1v) is 6.42. The number of nitrogens with one attached hydrogen (secondary N) is 1. The number of hydrogen-bond donors (Lipinski definition) is 1. The highest BCUT2D eigenvalue weighted by atomic mass is 79.9. The Bertz CT molecular complexity index is 348. The number of aryl methyl sites for hydroxylation is 1. The minimum absolute atomic E-state index is 0.925. The van der Waals surface area contributed by atoms with Gasteiger partial charge in [-0.2, -0.15) is 0 Å². The Morgan fingerprint density at radius 3 is 2.80 bits per heavy atom. The van der Waals surface area contributed by atoms with Gasteiger partial charge in [-0.1, -0.05) is 35.0 Å². The average Bonchev–Trinajstić information content (AvgIpc) is 2.86. The summed E-state index contributed by atoms with van der Waals surface area (Å²) in [4.78, 5) is 0. The molecule has 0 bridgehead atoms. The molecule has 0 heterocycles. The third-order valence-corrected chi connectivity index (χ3v) is 3.94. The summed E-state index contributed by atoms with van der Waals surface area (Å²) in [5.41, 5.74) is 2.66. The van der Waals surface area contributed by atoms with Crippen molar-refractivity contribution in [3.63, 3.8) is 0 Å². The van der Waals surface area contributed by atoms with Gasteiger partial charge >= 0.3 is 0 Å². The van der Waals surface area contributed by atoms with Crippen LogP contribution in [-0.4, -0.2) is 6.54 Å². The van der Waals surface area contributed by atoms with Gasteiger partial charge < -0.3 is 5.32 Å².